The molecule has 0 aliphatic carbocycles. The number of amides is 1. The maximum absolute atomic E-state index is 12.7. The molecule has 9 nitrogen and oxygen atoms in total. The molecule has 11 heteroatoms. The lowest BCUT2D eigenvalue weighted by atomic mass is 10.1. The molecule has 2 aromatic carbocycles. The fourth-order valence-electron chi connectivity index (χ4n) is 3.58. The minimum absolute atomic E-state index is 0.0744. The fraction of sp³-hybridized carbons (Fsp3) is 0.235. The molecule has 0 aromatic heterocycles. The molecule has 0 saturated carbocycles. The van der Waals surface area contributed by atoms with Gasteiger partial charge in [0.2, 0.25) is 26.0 Å². The van der Waals surface area contributed by atoms with Gasteiger partial charge in [-0.3, -0.25) is 4.79 Å². The van der Waals surface area contributed by atoms with E-state index < -0.39 is 32.1 Å². The van der Waals surface area contributed by atoms with Crippen LogP contribution < -0.4 is 20.1 Å². The van der Waals surface area contributed by atoms with E-state index in [1.807, 2.05) is 23.1 Å². The predicted molar refractivity (Wildman–Crippen MR) is 103 cm³/mol. The van der Waals surface area contributed by atoms with Crippen LogP contribution >= 0.6 is 0 Å². The molecule has 2 aliphatic rings. The quantitative estimate of drug-likeness (QED) is 0.644. The Bertz CT molecular complexity index is 1150. The molecule has 4 N–H and O–H groups in total. The number of nitrogens with one attached hydrogen (secondary N) is 2. The Morgan fingerprint density at radius 1 is 1.00 bits per heavy atom. The summed E-state index contributed by atoms with van der Waals surface area (Å²) in [5.41, 5.74) is 1.55. The highest BCUT2D eigenvalue weighted by atomic mass is 32.2. The first-order valence-corrected chi connectivity index (χ1v) is 11.5. The van der Waals surface area contributed by atoms with E-state index in [1.54, 1.807) is 6.07 Å². The van der Waals surface area contributed by atoms with Gasteiger partial charge >= 0.3 is 0 Å². The monoisotopic (exact) mass is 422 g/mol. The van der Waals surface area contributed by atoms with Crippen LogP contribution in [-0.2, 0) is 24.8 Å². The Labute approximate surface area is 162 Å². The van der Waals surface area contributed by atoms with Crippen molar-refractivity contribution in [2.75, 3.05) is 16.8 Å². The van der Waals surface area contributed by atoms with Gasteiger partial charge in [0.05, 0.1) is 21.2 Å². The Balaban J connectivity index is 1.55. The van der Waals surface area contributed by atoms with Gasteiger partial charge in [0.15, 0.2) is 0 Å². The van der Waals surface area contributed by atoms with Gasteiger partial charge in [-0.1, -0.05) is 12.1 Å². The molecular weight excluding hydrogens is 404 g/mol. The third-order valence-corrected chi connectivity index (χ3v) is 7.33. The van der Waals surface area contributed by atoms with Crippen molar-refractivity contribution in [1.82, 2.24) is 4.72 Å². The molecule has 2 aromatic rings. The number of nitrogens with two attached hydrogens (primary N) is 1. The van der Waals surface area contributed by atoms with Gasteiger partial charge in [-0.15, -0.1) is 0 Å². The van der Waals surface area contributed by atoms with Crippen molar-refractivity contribution >= 4 is 37.3 Å². The summed E-state index contributed by atoms with van der Waals surface area (Å²) < 4.78 is 50.6. The van der Waals surface area contributed by atoms with Crippen LogP contribution in [0.3, 0.4) is 0 Å². The Morgan fingerprint density at radius 2 is 1.64 bits per heavy atom. The number of sulfonamides is 2. The van der Waals surface area contributed by atoms with Crippen LogP contribution in [0.2, 0.25) is 0 Å². The number of para-hydroxylation sites is 2. The van der Waals surface area contributed by atoms with E-state index in [0.29, 0.717) is 18.7 Å². The van der Waals surface area contributed by atoms with Crippen molar-refractivity contribution in [1.29, 1.82) is 0 Å². The van der Waals surface area contributed by atoms with Crippen molar-refractivity contribution < 1.29 is 21.6 Å². The number of benzene rings is 2. The van der Waals surface area contributed by atoms with Crippen molar-refractivity contribution in [3.8, 4) is 0 Å². The first-order chi connectivity index (χ1) is 13.1. The Kier molecular flexibility index (Phi) is 4.42. The third kappa shape index (κ3) is 3.37. The summed E-state index contributed by atoms with van der Waals surface area (Å²) in [5, 5.41) is 7.87. The normalized spacial score (nSPS) is 21.8. The van der Waals surface area contributed by atoms with Gasteiger partial charge in [-0.25, -0.2) is 26.7 Å². The van der Waals surface area contributed by atoms with Crippen molar-refractivity contribution in [3.63, 3.8) is 0 Å². The summed E-state index contributed by atoms with van der Waals surface area (Å²) >= 11 is 0. The number of hydrogen-bond acceptors (Lipinski definition) is 6. The van der Waals surface area contributed by atoms with Crippen molar-refractivity contribution in [2.24, 2.45) is 5.14 Å². The second-order valence-corrected chi connectivity index (χ2v) is 10.0. The molecule has 1 saturated heterocycles. The van der Waals surface area contributed by atoms with Crippen LogP contribution in [0.15, 0.2) is 58.3 Å². The van der Waals surface area contributed by atoms with E-state index >= 15 is 0 Å². The van der Waals surface area contributed by atoms with Crippen LogP contribution in [0.5, 0.6) is 0 Å². The van der Waals surface area contributed by atoms with E-state index in [9.17, 15) is 21.6 Å². The predicted octanol–water partition coefficient (Wildman–Crippen LogP) is 0.212. The molecule has 28 heavy (non-hydrogen) atoms. The first-order valence-electron chi connectivity index (χ1n) is 8.47. The minimum atomic E-state index is -3.90. The van der Waals surface area contributed by atoms with E-state index in [1.165, 1.54) is 12.1 Å². The highest BCUT2D eigenvalue weighted by molar-refractivity contribution is 7.89. The van der Waals surface area contributed by atoms with E-state index in [0.717, 1.165) is 17.8 Å². The molecule has 2 heterocycles. The summed E-state index contributed by atoms with van der Waals surface area (Å²) in [4.78, 5) is 14.0. The topological polar surface area (TPSA) is 139 Å². The van der Waals surface area contributed by atoms with Crippen LogP contribution in [0.1, 0.15) is 6.42 Å². The zero-order valence-electron chi connectivity index (χ0n) is 14.6. The lowest BCUT2D eigenvalue weighted by molar-refractivity contribution is -0.117. The average Bonchev–Trinajstić information content (AvgIpc) is 3.05. The van der Waals surface area contributed by atoms with Gasteiger partial charge in [-0.2, -0.15) is 0 Å². The zero-order chi connectivity index (χ0) is 20.1. The molecular formula is C17H18N4O5S2. The molecule has 2 unspecified atom stereocenters. The number of hydrogen-bond donors (Lipinski definition) is 3. The van der Waals surface area contributed by atoms with Gasteiger partial charge in [0, 0.05) is 12.6 Å². The first kappa shape index (κ1) is 18.9. The number of fused-ring (bicyclic) bond motifs is 3. The highest BCUT2D eigenvalue weighted by Gasteiger charge is 2.42. The fourth-order valence-corrected chi connectivity index (χ4v) is 5.33. The number of carbonyl (C=O) groups is 1. The molecule has 2 aliphatic heterocycles. The third-order valence-electron chi connectivity index (χ3n) is 4.86. The molecule has 1 fully saturated rings. The molecule has 1 amide bonds. The maximum Gasteiger partial charge on any atom is 0.247 e. The smallest absolute Gasteiger partial charge is 0.247 e. The van der Waals surface area contributed by atoms with Crippen molar-refractivity contribution in [3.05, 3.63) is 48.5 Å². The second kappa shape index (κ2) is 6.55. The lowest BCUT2D eigenvalue weighted by Gasteiger charge is -2.32. The van der Waals surface area contributed by atoms with Gasteiger partial charge in [0.1, 0.15) is 6.04 Å². The van der Waals surface area contributed by atoms with Crippen LogP contribution in [0.4, 0.5) is 11.4 Å². The van der Waals surface area contributed by atoms with E-state index in [4.69, 9.17) is 5.14 Å². The number of rotatable bonds is 4. The summed E-state index contributed by atoms with van der Waals surface area (Å²) in [5.74, 6) is -0.169. The van der Waals surface area contributed by atoms with E-state index in [-0.39, 0.29) is 15.7 Å². The summed E-state index contributed by atoms with van der Waals surface area (Å²) in [6.07, 6.45) is 0.328. The standard InChI is InChI=1S/C17H18N4O5S2/c18-27(23,24)12-5-7-13(8-6-12)28(25,26)20-11-9-16-17(22)19-14-3-1-2-4-15(14)21(16)10-11/h1-8,11,16,20H,9-10H2,(H,19,22)(H2,18,23,24). The molecule has 0 radical (unpaired) electrons. The summed E-state index contributed by atoms with van der Waals surface area (Å²) in [7, 11) is -7.79. The minimum Gasteiger partial charge on any atom is -0.356 e. The van der Waals surface area contributed by atoms with Gasteiger partial charge in [-0.05, 0) is 42.8 Å². The Hall–Kier alpha value is -2.47. The molecule has 4 rings (SSSR count). The zero-order valence-corrected chi connectivity index (χ0v) is 16.2. The number of anilines is 2. The van der Waals surface area contributed by atoms with Crippen molar-refractivity contribution in [2.45, 2.75) is 28.3 Å². The average molecular weight is 422 g/mol. The Morgan fingerprint density at radius 3 is 2.32 bits per heavy atom. The second-order valence-electron chi connectivity index (χ2n) is 6.74. The summed E-state index contributed by atoms with van der Waals surface area (Å²) in [6, 6.07) is 11.1. The number of nitrogens with zero attached hydrogens (tertiary/aromatic N) is 1. The highest BCUT2D eigenvalue weighted by Crippen LogP contribution is 2.36. The van der Waals surface area contributed by atoms with Gasteiger partial charge in [0.25, 0.3) is 0 Å². The molecule has 2 atom stereocenters. The summed E-state index contributed by atoms with van der Waals surface area (Å²) in [6.45, 7) is 0.351. The van der Waals surface area contributed by atoms with Crippen LogP contribution in [0.25, 0.3) is 0 Å². The largest absolute Gasteiger partial charge is 0.356 e. The number of primary sulfonamides is 1. The van der Waals surface area contributed by atoms with Crippen LogP contribution in [0, 0.1) is 0 Å². The SMILES string of the molecule is NS(=O)(=O)c1ccc(S(=O)(=O)NC2CC3C(=O)Nc4ccccc4N3C2)cc1. The molecule has 0 bridgehead atoms. The van der Waals surface area contributed by atoms with E-state index in [2.05, 4.69) is 10.0 Å². The maximum atomic E-state index is 12.7. The van der Waals surface area contributed by atoms with Gasteiger partial charge < -0.3 is 10.2 Å². The molecule has 0 spiro atoms. The number of carbonyl (C=O) groups excluding carboxylic acids is 1. The van der Waals surface area contributed by atoms with Crippen LogP contribution in [-0.4, -0.2) is 41.4 Å². The molecule has 148 valence electrons. The lowest BCUT2D eigenvalue weighted by Crippen LogP contribution is -2.44.